The third-order valence-corrected chi connectivity index (χ3v) is 12.7. The summed E-state index contributed by atoms with van der Waals surface area (Å²) in [6.45, 7) is 8.28. The summed E-state index contributed by atoms with van der Waals surface area (Å²) >= 11 is 0. The van der Waals surface area contributed by atoms with E-state index in [2.05, 4.69) is 6.92 Å². The van der Waals surface area contributed by atoms with Gasteiger partial charge in [-0.25, -0.2) is 4.79 Å². The molecule has 12 atom stereocenters. The molecule has 228 valence electrons. The topological polar surface area (TPSA) is 121 Å². The van der Waals surface area contributed by atoms with Crippen molar-refractivity contribution in [2.45, 2.75) is 140 Å². The van der Waals surface area contributed by atoms with Gasteiger partial charge in [0.15, 0.2) is 12.1 Å². The second-order valence-electron chi connectivity index (χ2n) is 14.9. The van der Waals surface area contributed by atoms with E-state index >= 15 is 0 Å². The van der Waals surface area contributed by atoms with Crippen molar-refractivity contribution < 1.29 is 43.5 Å². The Kier molecular flexibility index (Phi) is 6.46. The highest BCUT2D eigenvalue weighted by molar-refractivity contribution is 5.85. The van der Waals surface area contributed by atoms with Gasteiger partial charge in [-0.15, -0.1) is 0 Å². The quantitative estimate of drug-likeness (QED) is 0.295. The summed E-state index contributed by atoms with van der Waals surface area (Å²) in [5, 5.41) is 24.7. The Morgan fingerprint density at radius 3 is 2.51 bits per heavy atom. The minimum Gasteiger partial charge on any atom is -0.458 e. The average Bonchev–Trinajstić information content (AvgIpc) is 3.55. The number of hydrogen-bond acceptors (Lipinski definition) is 9. The first-order valence-corrected chi connectivity index (χ1v) is 15.8. The Morgan fingerprint density at radius 1 is 1.00 bits per heavy atom. The van der Waals surface area contributed by atoms with Crippen molar-refractivity contribution in [1.82, 2.24) is 0 Å². The number of carbonyl (C=O) groups is 2. The molecule has 7 aliphatic rings. The Balaban J connectivity index is 1.08. The summed E-state index contributed by atoms with van der Waals surface area (Å²) in [4.78, 5) is 24.9. The van der Waals surface area contributed by atoms with E-state index in [1.165, 1.54) is 0 Å². The maximum atomic E-state index is 13.1. The lowest BCUT2D eigenvalue weighted by atomic mass is 9.41. The zero-order valence-electron chi connectivity index (χ0n) is 24.8. The molecular formula is C32H46O9. The van der Waals surface area contributed by atoms with E-state index in [-0.39, 0.29) is 53.6 Å². The third kappa shape index (κ3) is 4.02. The molecule has 3 heterocycles. The Bertz CT molecular complexity index is 1140. The van der Waals surface area contributed by atoms with Gasteiger partial charge in [0.25, 0.3) is 0 Å². The van der Waals surface area contributed by atoms with Gasteiger partial charge in [0.1, 0.15) is 19.0 Å². The van der Waals surface area contributed by atoms with Gasteiger partial charge in [0.05, 0.1) is 34.9 Å². The van der Waals surface area contributed by atoms with Crippen molar-refractivity contribution in [3.05, 3.63) is 11.6 Å². The van der Waals surface area contributed by atoms with Crippen molar-refractivity contribution in [3.63, 3.8) is 0 Å². The van der Waals surface area contributed by atoms with Gasteiger partial charge in [-0.1, -0.05) is 6.92 Å². The smallest absolute Gasteiger partial charge is 0.331 e. The SMILES string of the molecule is C[C@H]1O[C@@H](O[C@@H]2CC[C@]3(C=O)[C@H]4CC[C@]5(C)[C@@H](C6=CC(=O)OC6)CC[C@]5(O)[C@@H]4CC[C@]3(O)C2)C[C@H]2OC(C)(C)O[C@@H]12. The first kappa shape index (κ1) is 28.4. The fourth-order valence-corrected chi connectivity index (χ4v) is 10.7. The van der Waals surface area contributed by atoms with Crippen LogP contribution in [0.5, 0.6) is 0 Å². The molecule has 0 amide bonds. The van der Waals surface area contributed by atoms with E-state index in [0.29, 0.717) is 51.6 Å². The number of esters is 1. The van der Waals surface area contributed by atoms with Crippen LogP contribution in [-0.2, 0) is 33.3 Å². The molecule has 0 spiro atoms. The highest BCUT2D eigenvalue weighted by Gasteiger charge is 2.71. The second kappa shape index (κ2) is 9.32. The van der Waals surface area contributed by atoms with Crippen molar-refractivity contribution in [2.75, 3.05) is 6.61 Å². The summed E-state index contributed by atoms with van der Waals surface area (Å²) in [6.07, 6.45) is 7.78. The molecule has 41 heavy (non-hydrogen) atoms. The first-order valence-electron chi connectivity index (χ1n) is 15.8. The lowest BCUT2D eigenvalue weighted by Gasteiger charge is -2.65. The number of cyclic esters (lactones) is 1. The monoisotopic (exact) mass is 574 g/mol. The molecule has 0 aromatic rings. The first-order chi connectivity index (χ1) is 19.3. The molecule has 0 unspecified atom stereocenters. The Morgan fingerprint density at radius 2 is 1.78 bits per heavy atom. The fraction of sp³-hybridized carbons (Fsp3) is 0.875. The van der Waals surface area contributed by atoms with Gasteiger partial charge < -0.3 is 38.7 Å². The van der Waals surface area contributed by atoms with Crippen LogP contribution in [0.2, 0.25) is 0 Å². The van der Waals surface area contributed by atoms with Gasteiger partial charge >= 0.3 is 5.97 Å². The Labute approximate surface area is 242 Å². The summed E-state index contributed by atoms with van der Waals surface area (Å²) in [7, 11) is 0. The van der Waals surface area contributed by atoms with Crippen LogP contribution < -0.4 is 0 Å². The lowest BCUT2D eigenvalue weighted by Crippen LogP contribution is -2.69. The van der Waals surface area contributed by atoms with Crippen LogP contribution in [-0.4, -0.2) is 76.8 Å². The normalized spacial score (nSPS) is 53.9. The minimum atomic E-state index is -1.19. The number of fused-ring (bicyclic) bond motifs is 6. The molecule has 0 bridgehead atoms. The maximum absolute atomic E-state index is 13.1. The standard InChI is InChI=1S/C32H46O9/c1-18-27-24(40-28(2,3)41-27)14-26(38-18)39-20-5-10-30(17-33)22-6-9-29(4)21(19-13-25(34)37-16-19)8-12-32(29,36)23(22)7-11-31(30,35)15-20/h13,17-18,20-24,26-27,35-36H,5-12,14-16H2,1-4H3/t18-,20-,21-,22+,23-,24-,26+,27+,29-,30+,31+,32+/m1/s1. The maximum Gasteiger partial charge on any atom is 0.331 e. The van der Waals surface area contributed by atoms with Gasteiger partial charge in [-0.05, 0) is 95.5 Å². The van der Waals surface area contributed by atoms with Crippen molar-refractivity contribution in [3.8, 4) is 0 Å². The van der Waals surface area contributed by atoms with Gasteiger partial charge in [-0.3, -0.25) is 0 Å². The highest BCUT2D eigenvalue weighted by atomic mass is 16.8. The van der Waals surface area contributed by atoms with E-state index in [0.717, 1.165) is 31.1 Å². The molecule has 9 nitrogen and oxygen atoms in total. The predicted molar refractivity (Wildman–Crippen MR) is 145 cm³/mol. The molecule has 6 fully saturated rings. The van der Waals surface area contributed by atoms with Crippen molar-refractivity contribution in [1.29, 1.82) is 0 Å². The zero-order chi connectivity index (χ0) is 29.0. The van der Waals surface area contributed by atoms with Crippen LogP contribution in [0, 0.1) is 28.6 Å². The molecule has 0 aromatic carbocycles. The average molecular weight is 575 g/mol. The van der Waals surface area contributed by atoms with Crippen LogP contribution in [0.4, 0.5) is 0 Å². The third-order valence-electron chi connectivity index (χ3n) is 12.7. The van der Waals surface area contributed by atoms with Crippen LogP contribution in [0.15, 0.2) is 11.6 Å². The molecular weight excluding hydrogens is 528 g/mol. The van der Waals surface area contributed by atoms with E-state index in [1.807, 2.05) is 20.8 Å². The summed E-state index contributed by atoms with van der Waals surface area (Å²) in [5.41, 5.74) is -2.44. The van der Waals surface area contributed by atoms with Crippen molar-refractivity contribution in [2.24, 2.45) is 28.6 Å². The van der Waals surface area contributed by atoms with E-state index in [4.69, 9.17) is 23.7 Å². The number of hydrogen-bond donors (Lipinski definition) is 2. The minimum absolute atomic E-state index is 0.0739. The molecule has 3 aliphatic heterocycles. The number of carbonyl (C=O) groups excluding carboxylic acids is 2. The molecule has 7 rings (SSSR count). The lowest BCUT2D eigenvalue weighted by molar-refractivity contribution is -0.278. The largest absolute Gasteiger partial charge is 0.458 e. The molecule has 0 aromatic heterocycles. The Hall–Kier alpha value is -1.36. The van der Waals surface area contributed by atoms with E-state index < -0.39 is 28.7 Å². The predicted octanol–water partition coefficient (Wildman–Crippen LogP) is 3.58. The summed E-state index contributed by atoms with van der Waals surface area (Å²) < 4.78 is 30.0. The molecule has 2 saturated heterocycles. The van der Waals surface area contributed by atoms with E-state index in [9.17, 15) is 19.8 Å². The van der Waals surface area contributed by atoms with Crippen LogP contribution >= 0.6 is 0 Å². The highest BCUT2D eigenvalue weighted by Crippen LogP contribution is 2.70. The van der Waals surface area contributed by atoms with Crippen molar-refractivity contribution >= 4 is 12.3 Å². The number of ether oxygens (including phenoxy) is 5. The second-order valence-corrected chi connectivity index (χ2v) is 14.9. The van der Waals surface area contributed by atoms with Gasteiger partial charge in [0, 0.05) is 24.3 Å². The molecule has 9 heteroatoms. The number of aliphatic hydroxyl groups is 2. The summed E-state index contributed by atoms with van der Waals surface area (Å²) in [6, 6.07) is 0. The number of aldehydes is 1. The zero-order valence-corrected chi connectivity index (χ0v) is 24.8. The molecule has 4 saturated carbocycles. The van der Waals surface area contributed by atoms with Gasteiger partial charge in [0.2, 0.25) is 0 Å². The van der Waals surface area contributed by atoms with E-state index in [1.54, 1.807) is 6.08 Å². The fourth-order valence-electron chi connectivity index (χ4n) is 10.7. The van der Waals surface area contributed by atoms with Crippen LogP contribution in [0.3, 0.4) is 0 Å². The molecule has 0 radical (unpaired) electrons. The number of rotatable bonds is 4. The van der Waals surface area contributed by atoms with Crippen LogP contribution in [0.25, 0.3) is 0 Å². The molecule has 2 N–H and O–H groups in total. The summed E-state index contributed by atoms with van der Waals surface area (Å²) in [5.74, 6) is -1.02. The van der Waals surface area contributed by atoms with Gasteiger partial charge in [-0.2, -0.15) is 0 Å². The molecule has 4 aliphatic carbocycles. The van der Waals surface area contributed by atoms with Crippen LogP contribution in [0.1, 0.15) is 91.9 Å².